The maximum absolute atomic E-state index is 6.21. The number of hydrogen-bond donors (Lipinski definition) is 0. The molecule has 0 unspecified atom stereocenters. The van der Waals surface area contributed by atoms with Gasteiger partial charge in [-0.05, 0) is 32.0 Å². The van der Waals surface area contributed by atoms with Gasteiger partial charge >= 0.3 is 0 Å². The molecule has 0 fully saturated rings. The van der Waals surface area contributed by atoms with E-state index in [1.54, 1.807) is 0 Å². The van der Waals surface area contributed by atoms with Crippen LogP contribution in [0.4, 0.5) is 0 Å². The minimum Gasteiger partial charge on any atom is -0.409 e. The van der Waals surface area contributed by atoms with Crippen LogP contribution in [0.5, 0.6) is 0 Å². The summed E-state index contributed by atoms with van der Waals surface area (Å²) in [7, 11) is -1.40. The summed E-state index contributed by atoms with van der Waals surface area (Å²) in [4.78, 5) is 0. The van der Waals surface area contributed by atoms with Crippen LogP contribution in [0.2, 0.25) is 18.1 Å². The standard InChI is InChI=1S/C12H27OSi/c1-6-9-14(10-7-2,11-8-3)13-12(4)5/h6-11H2,1-5H3. The highest BCUT2D eigenvalue weighted by Gasteiger charge is 2.33. The van der Waals surface area contributed by atoms with Gasteiger partial charge in [0.25, 0.3) is 0 Å². The summed E-state index contributed by atoms with van der Waals surface area (Å²) in [6, 6.07) is 4.00. The van der Waals surface area contributed by atoms with Crippen molar-refractivity contribution in [1.82, 2.24) is 0 Å². The van der Waals surface area contributed by atoms with E-state index in [0.29, 0.717) is 0 Å². The monoisotopic (exact) mass is 215 g/mol. The number of hydrogen-bond acceptors (Lipinski definition) is 1. The summed E-state index contributed by atoms with van der Waals surface area (Å²) < 4.78 is 6.21. The topological polar surface area (TPSA) is 9.23 Å². The lowest BCUT2D eigenvalue weighted by atomic mass is 10.5. The average Bonchev–Trinajstić information content (AvgIpc) is 2.03. The SMILES string of the molecule is CCC[Si](CCC)(CCC)O[C](C)C. The molecule has 0 aliphatic rings. The summed E-state index contributed by atoms with van der Waals surface area (Å²) in [5, 5.41) is 0. The van der Waals surface area contributed by atoms with Crippen LogP contribution in [0.25, 0.3) is 0 Å². The largest absolute Gasteiger partial charge is 0.409 e. The first-order valence-corrected chi connectivity index (χ1v) is 8.62. The van der Waals surface area contributed by atoms with Gasteiger partial charge in [0.1, 0.15) is 0 Å². The minimum absolute atomic E-state index is 1.17. The van der Waals surface area contributed by atoms with Crippen molar-refractivity contribution < 1.29 is 4.43 Å². The molecule has 0 atom stereocenters. The van der Waals surface area contributed by atoms with E-state index in [0.717, 1.165) is 0 Å². The van der Waals surface area contributed by atoms with E-state index in [9.17, 15) is 0 Å². The van der Waals surface area contributed by atoms with Crippen molar-refractivity contribution >= 4 is 8.32 Å². The normalized spacial score (nSPS) is 12.4. The maximum atomic E-state index is 6.21. The first-order chi connectivity index (χ1) is 6.60. The lowest BCUT2D eigenvalue weighted by Gasteiger charge is -2.32. The molecule has 0 saturated heterocycles. The van der Waals surface area contributed by atoms with E-state index in [-0.39, 0.29) is 0 Å². The minimum atomic E-state index is -1.40. The predicted molar refractivity (Wildman–Crippen MR) is 66.7 cm³/mol. The van der Waals surface area contributed by atoms with Crippen molar-refractivity contribution in [2.45, 2.75) is 72.0 Å². The van der Waals surface area contributed by atoms with E-state index in [1.807, 2.05) is 0 Å². The van der Waals surface area contributed by atoms with E-state index in [2.05, 4.69) is 34.6 Å². The van der Waals surface area contributed by atoms with Gasteiger partial charge in [-0.2, -0.15) is 0 Å². The predicted octanol–water partition coefficient (Wildman–Crippen LogP) is 4.75. The van der Waals surface area contributed by atoms with E-state index in [4.69, 9.17) is 4.43 Å². The van der Waals surface area contributed by atoms with Gasteiger partial charge in [-0.15, -0.1) is 0 Å². The molecular weight excluding hydrogens is 188 g/mol. The van der Waals surface area contributed by atoms with Gasteiger partial charge in [-0.1, -0.05) is 40.0 Å². The highest BCUT2D eigenvalue weighted by molar-refractivity contribution is 6.74. The Morgan fingerprint density at radius 3 is 1.43 bits per heavy atom. The Morgan fingerprint density at radius 1 is 0.857 bits per heavy atom. The molecule has 0 N–H and O–H groups in total. The maximum Gasteiger partial charge on any atom is 0.193 e. The zero-order valence-electron chi connectivity index (χ0n) is 10.7. The molecule has 0 aromatic rings. The molecule has 0 aliphatic heterocycles. The number of rotatable bonds is 8. The molecule has 0 amide bonds. The Morgan fingerprint density at radius 2 is 1.21 bits per heavy atom. The average molecular weight is 215 g/mol. The third-order valence-electron chi connectivity index (χ3n) is 2.54. The molecule has 1 radical (unpaired) electrons. The Balaban J connectivity index is 4.37. The summed E-state index contributed by atoms with van der Waals surface area (Å²) >= 11 is 0. The lowest BCUT2D eigenvalue weighted by molar-refractivity contribution is 0.322. The summed E-state index contributed by atoms with van der Waals surface area (Å²) in [5.74, 6) is 0. The van der Waals surface area contributed by atoms with Gasteiger partial charge in [-0.3, -0.25) is 0 Å². The van der Waals surface area contributed by atoms with Crippen LogP contribution in [-0.2, 0) is 4.43 Å². The zero-order chi connectivity index (χ0) is 11.0. The third-order valence-corrected chi connectivity index (χ3v) is 7.61. The van der Waals surface area contributed by atoms with Crippen LogP contribution in [0, 0.1) is 6.10 Å². The second-order valence-electron chi connectivity index (χ2n) is 4.44. The van der Waals surface area contributed by atoms with Crippen molar-refractivity contribution in [3.63, 3.8) is 0 Å². The van der Waals surface area contributed by atoms with Gasteiger partial charge in [0.2, 0.25) is 0 Å². The molecule has 1 nitrogen and oxygen atoms in total. The molecule has 0 aliphatic carbocycles. The molecular formula is C12H27OSi. The van der Waals surface area contributed by atoms with Crippen molar-refractivity contribution in [2.24, 2.45) is 0 Å². The van der Waals surface area contributed by atoms with Crippen LogP contribution in [0.1, 0.15) is 53.9 Å². The van der Waals surface area contributed by atoms with Gasteiger partial charge < -0.3 is 4.43 Å². The molecule has 14 heavy (non-hydrogen) atoms. The van der Waals surface area contributed by atoms with Crippen LogP contribution >= 0.6 is 0 Å². The fourth-order valence-corrected chi connectivity index (χ4v) is 6.98. The van der Waals surface area contributed by atoms with Crippen molar-refractivity contribution in [2.75, 3.05) is 0 Å². The van der Waals surface area contributed by atoms with Crippen molar-refractivity contribution in [1.29, 1.82) is 0 Å². The summed E-state index contributed by atoms with van der Waals surface area (Å²) in [5.41, 5.74) is 0. The van der Waals surface area contributed by atoms with Gasteiger partial charge in [-0.25, -0.2) is 0 Å². The van der Waals surface area contributed by atoms with Gasteiger partial charge in [0, 0.05) is 0 Å². The highest BCUT2D eigenvalue weighted by Crippen LogP contribution is 2.30. The van der Waals surface area contributed by atoms with Crippen LogP contribution < -0.4 is 0 Å². The Labute approximate surface area is 91.4 Å². The fraction of sp³-hybridized carbons (Fsp3) is 0.917. The fourth-order valence-electron chi connectivity index (χ4n) is 2.33. The molecule has 0 saturated carbocycles. The van der Waals surface area contributed by atoms with Gasteiger partial charge in [0.05, 0.1) is 6.10 Å². The Bertz CT molecular complexity index is 117. The molecule has 0 aromatic carbocycles. The summed E-state index contributed by atoms with van der Waals surface area (Å²) in [6.07, 6.45) is 5.01. The molecule has 0 rings (SSSR count). The Kier molecular flexibility index (Phi) is 7.56. The quantitative estimate of drug-likeness (QED) is 0.531. The first-order valence-electron chi connectivity index (χ1n) is 6.09. The van der Waals surface area contributed by atoms with Gasteiger partial charge in [0.15, 0.2) is 8.32 Å². The molecule has 0 bridgehead atoms. The van der Waals surface area contributed by atoms with E-state index in [1.165, 1.54) is 43.5 Å². The van der Waals surface area contributed by atoms with Crippen LogP contribution in [-0.4, -0.2) is 8.32 Å². The second-order valence-corrected chi connectivity index (χ2v) is 8.51. The third kappa shape index (κ3) is 5.16. The van der Waals surface area contributed by atoms with Crippen LogP contribution in [0.15, 0.2) is 0 Å². The molecule has 0 spiro atoms. The Hall–Kier alpha value is 0.177. The highest BCUT2D eigenvalue weighted by atomic mass is 28.4. The molecule has 2 heteroatoms. The molecule has 0 heterocycles. The molecule has 85 valence electrons. The van der Waals surface area contributed by atoms with Crippen LogP contribution in [0.3, 0.4) is 0 Å². The van der Waals surface area contributed by atoms with E-state index < -0.39 is 8.32 Å². The summed E-state index contributed by atoms with van der Waals surface area (Å²) in [6.45, 7) is 11.0. The second kappa shape index (κ2) is 7.47. The molecule has 0 aromatic heterocycles. The smallest absolute Gasteiger partial charge is 0.193 e. The van der Waals surface area contributed by atoms with Crippen molar-refractivity contribution in [3.05, 3.63) is 6.10 Å². The first kappa shape index (κ1) is 14.2. The zero-order valence-corrected chi connectivity index (χ0v) is 11.7. The van der Waals surface area contributed by atoms with Crippen molar-refractivity contribution in [3.8, 4) is 0 Å². The lowest BCUT2D eigenvalue weighted by Crippen LogP contribution is -2.38. The van der Waals surface area contributed by atoms with E-state index >= 15 is 0 Å².